The third-order valence-electron chi connectivity index (χ3n) is 1.82. The Labute approximate surface area is 89.8 Å². The Morgan fingerprint density at radius 3 is 1.71 bits per heavy atom. The Morgan fingerprint density at radius 2 is 1.36 bits per heavy atom. The third-order valence-corrected chi connectivity index (χ3v) is 3.73. The van der Waals surface area contributed by atoms with Crippen molar-refractivity contribution < 1.29 is 0 Å². The summed E-state index contributed by atoms with van der Waals surface area (Å²) in [5.41, 5.74) is 2.55. The SMILES string of the molecule is CP(C)Cc1cccc(CP(C)C)n1. The van der Waals surface area contributed by atoms with Crippen molar-refractivity contribution in [1.82, 2.24) is 4.98 Å². The van der Waals surface area contributed by atoms with Crippen LogP contribution in [0.4, 0.5) is 0 Å². The first kappa shape index (κ1) is 12.1. The Balaban J connectivity index is 2.68. The number of hydrogen-bond donors (Lipinski definition) is 0. The van der Waals surface area contributed by atoms with E-state index in [9.17, 15) is 0 Å². The fraction of sp³-hybridized carbons (Fsp3) is 0.545. The summed E-state index contributed by atoms with van der Waals surface area (Å²) in [6.07, 6.45) is 2.32. The molecule has 0 aliphatic rings. The van der Waals surface area contributed by atoms with Gasteiger partial charge in [0.25, 0.3) is 0 Å². The molecule has 1 aromatic heterocycles. The van der Waals surface area contributed by atoms with Crippen molar-refractivity contribution in [3.05, 3.63) is 29.6 Å². The minimum Gasteiger partial charge on any atom is -0.257 e. The van der Waals surface area contributed by atoms with E-state index in [1.165, 1.54) is 11.4 Å². The van der Waals surface area contributed by atoms with E-state index in [1.807, 2.05) is 0 Å². The lowest BCUT2D eigenvalue weighted by Gasteiger charge is -2.08. The highest BCUT2D eigenvalue weighted by atomic mass is 31.1. The van der Waals surface area contributed by atoms with Crippen molar-refractivity contribution in [2.45, 2.75) is 12.3 Å². The van der Waals surface area contributed by atoms with Gasteiger partial charge in [-0.25, -0.2) is 0 Å². The van der Waals surface area contributed by atoms with Crippen LogP contribution < -0.4 is 0 Å². The van der Waals surface area contributed by atoms with Gasteiger partial charge < -0.3 is 0 Å². The second-order valence-electron chi connectivity index (χ2n) is 4.10. The smallest absolute Gasteiger partial charge is 0.0449 e. The first-order valence-electron chi connectivity index (χ1n) is 4.82. The highest BCUT2D eigenvalue weighted by molar-refractivity contribution is 7.55. The fourth-order valence-corrected chi connectivity index (χ4v) is 3.00. The molecule has 3 heteroatoms. The van der Waals surface area contributed by atoms with E-state index in [1.54, 1.807) is 0 Å². The summed E-state index contributed by atoms with van der Waals surface area (Å²) in [5.74, 6) is 0. The second kappa shape index (κ2) is 5.79. The number of hydrogen-bond acceptors (Lipinski definition) is 1. The number of nitrogens with zero attached hydrogens (tertiary/aromatic N) is 1. The molecule has 0 unspecified atom stereocenters. The van der Waals surface area contributed by atoms with Crippen molar-refractivity contribution in [3.63, 3.8) is 0 Å². The van der Waals surface area contributed by atoms with Gasteiger partial charge in [-0.15, -0.1) is 15.8 Å². The molecule has 0 saturated carbocycles. The molecule has 0 spiro atoms. The average Bonchev–Trinajstić information content (AvgIpc) is 2.01. The Kier molecular flexibility index (Phi) is 4.99. The second-order valence-corrected chi connectivity index (χ2v) is 9.05. The van der Waals surface area contributed by atoms with Gasteiger partial charge in [-0.3, -0.25) is 4.98 Å². The molecule has 0 aliphatic carbocycles. The molecular formula is C11H19NP2. The lowest BCUT2D eigenvalue weighted by atomic mass is 10.3. The van der Waals surface area contributed by atoms with E-state index < -0.39 is 0 Å². The van der Waals surface area contributed by atoms with Crippen LogP contribution in [-0.4, -0.2) is 31.6 Å². The van der Waals surface area contributed by atoms with E-state index in [-0.39, 0.29) is 15.8 Å². The van der Waals surface area contributed by atoms with Gasteiger partial charge in [0, 0.05) is 23.7 Å². The van der Waals surface area contributed by atoms with Crippen LogP contribution in [0.1, 0.15) is 11.4 Å². The standard InChI is InChI=1S/C11H19NP2/c1-13(2)8-10-6-5-7-11(12-10)9-14(3)4/h5-7H,8-9H2,1-4H3. The molecule has 0 aliphatic heterocycles. The maximum Gasteiger partial charge on any atom is 0.0449 e. The monoisotopic (exact) mass is 227 g/mol. The molecule has 78 valence electrons. The van der Waals surface area contributed by atoms with Crippen molar-refractivity contribution in [2.75, 3.05) is 26.7 Å². The van der Waals surface area contributed by atoms with Gasteiger partial charge >= 0.3 is 0 Å². The summed E-state index contributed by atoms with van der Waals surface area (Å²) >= 11 is 0. The molecule has 0 N–H and O–H groups in total. The van der Waals surface area contributed by atoms with Crippen LogP contribution in [0, 0.1) is 0 Å². The predicted molar refractivity (Wildman–Crippen MR) is 69.2 cm³/mol. The average molecular weight is 227 g/mol. The molecular weight excluding hydrogens is 208 g/mol. The maximum atomic E-state index is 4.69. The van der Waals surface area contributed by atoms with Gasteiger partial charge in [-0.05, 0) is 38.8 Å². The van der Waals surface area contributed by atoms with Crippen LogP contribution in [0.5, 0.6) is 0 Å². The Morgan fingerprint density at radius 1 is 0.929 bits per heavy atom. The molecule has 0 atom stereocenters. The van der Waals surface area contributed by atoms with Gasteiger partial charge in [0.2, 0.25) is 0 Å². The topological polar surface area (TPSA) is 12.9 Å². The van der Waals surface area contributed by atoms with Gasteiger partial charge in [-0.2, -0.15) is 0 Å². The molecule has 0 radical (unpaired) electrons. The summed E-state index contributed by atoms with van der Waals surface area (Å²) in [5, 5.41) is 0. The molecule has 1 aromatic rings. The Hall–Kier alpha value is 0.01000. The van der Waals surface area contributed by atoms with Crippen molar-refractivity contribution in [3.8, 4) is 0 Å². The summed E-state index contributed by atoms with van der Waals surface area (Å²) in [4.78, 5) is 4.69. The number of aromatic nitrogens is 1. The van der Waals surface area contributed by atoms with Gasteiger partial charge in [0.15, 0.2) is 0 Å². The van der Waals surface area contributed by atoms with E-state index in [2.05, 4.69) is 49.8 Å². The van der Waals surface area contributed by atoms with Crippen molar-refractivity contribution >= 4 is 15.8 Å². The van der Waals surface area contributed by atoms with Crippen LogP contribution in [0.15, 0.2) is 18.2 Å². The highest BCUT2D eigenvalue weighted by Gasteiger charge is 2.02. The van der Waals surface area contributed by atoms with E-state index in [4.69, 9.17) is 0 Å². The summed E-state index contributed by atoms with van der Waals surface area (Å²) in [6, 6.07) is 6.45. The summed E-state index contributed by atoms with van der Waals surface area (Å²) in [6.45, 7) is 9.21. The molecule has 0 aromatic carbocycles. The molecule has 1 nitrogen and oxygen atoms in total. The van der Waals surface area contributed by atoms with Crippen LogP contribution in [0.25, 0.3) is 0 Å². The zero-order valence-electron chi connectivity index (χ0n) is 9.49. The maximum absolute atomic E-state index is 4.69. The zero-order chi connectivity index (χ0) is 10.6. The van der Waals surface area contributed by atoms with Crippen molar-refractivity contribution in [2.24, 2.45) is 0 Å². The molecule has 1 rings (SSSR count). The highest BCUT2D eigenvalue weighted by Crippen LogP contribution is 2.31. The fourth-order valence-electron chi connectivity index (χ4n) is 1.35. The first-order valence-corrected chi connectivity index (χ1v) is 9.66. The minimum absolute atomic E-state index is 0.133. The summed E-state index contributed by atoms with van der Waals surface area (Å²) in [7, 11) is 0.267. The van der Waals surface area contributed by atoms with Gasteiger partial charge in [0.1, 0.15) is 0 Å². The van der Waals surface area contributed by atoms with Crippen LogP contribution in [0.3, 0.4) is 0 Å². The Bertz CT molecular complexity index is 259. The minimum atomic E-state index is 0.133. The van der Waals surface area contributed by atoms with Crippen LogP contribution in [-0.2, 0) is 12.3 Å². The van der Waals surface area contributed by atoms with E-state index in [0.29, 0.717) is 0 Å². The molecule has 0 amide bonds. The number of rotatable bonds is 4. The molecule has 14 heavy (non-hydrogen) atoms. The van der Waals surface area contributed by atoms with Crippen molar-refractivity contribution in [1.29, 1.82) is 0 Å². The lowest BCUT2D eigenvalue weighted by Crippen LogP contribution is -1.93. The zero-order valence-corrected chi connectivity index (χ0v) is 11.3. The largest absolute Gasteiger partial charge is 0.257 e. The van der Waals surface area contributed by atoms with E-state index >= 15 is 0 Å². The molecule has 0 saturated heterocycles. The summed E-state index contributed by atoms with van der Waals surface area (Å²) < 4.78 is 0. The van der Waals surface area contributed by atoms with Gasteiger partial charge in [-0.1, -0.05) is 6.07 Å². The molecule has 0 bridgehead atoms. The van der Waals surface area contributed by atoms with Crippen LogP contribution in [0.2, 0.25) is 0 Å². The number of pyridine rings is 1. The third kappa shape index (κ3) is 4.49. The van der Waals surface area contributed by atoms with Gasteiger partial charge in [0.05, 0.1) is 0 Å². The van der Waals surface area contributed by atoms with Crippen LogP contribution >= 0.6 is 15.8 Å². The van der Waals surface area contributed by atoms with E-state index in [0.717, 1.165) is 12.3 Å². The molecule has 1 heterocycles. The predicted octanol–water partition coefficient (Wildman–Crippen LogP) is 3.56. The normalized spacial score (nSPS) is 11.3. The first-order chi connectivity index (χ1) is 6.58. The molecule has 0 fully saturated rings. The lowest BCUT2D eigenvalue weighted by molar-refractivity contribution is 1.08. The quantitative estimate of drug-likeness (QED) is 0.716.